The second kappa shape index (κ2) is 8.25. The van der Waals surface area contributed by atoms with Gasteiger partial charge in [0.1, 0.15) is 5.76 Å². The maximum Gasteiger partial charge on any atom is 0.269 e. The molecule has 5 nitrogen and oxygen atoms in total. The van der Waals surface area contributed by atoms with Gasteiger partial charge in [-0.15, -0.1) is 0 Å². The first kappa shape index (κ1) is 16.1. The SMILES string of the molecule is C=C(OC)C(N)Cc1ccc([N+](=O)[O-])cc1.CC. The lowest BCUT2D eigenvalue weighted by Crippen LogP contribution is -2.25. The van der Waals surface area contributed by atoms with E-state index in [0.29, 0.717) is 12.2 Å². The Balaban J connectivity index is 0.00000137. The maximum absolute atomic E-state index is 10.4. The van der Waals surface area contributed by atoms with Crippen molar-refractivity contribution in [3.05, 3.63) is 52.3 Å². The van der Waals surface area contributed by atoms with Crippen LogP contribution in [0.5, 0.6) is 0 Å². The lowest BCUT2D eigenvalue weighted by molar-refractivity contribution is -0.384. The van der Waals surface area contributed by atoms with E-state index < -0.39 is 4.92 Å². The van der Waals surface area contributed by atoms with E-state index in [-0.39, 0.29) is 11.7 Å². The maximum atomic E-state index is 10.4. The zero-order valence-corrected chi connectivity index (χ0v) is 11.1. The summed E-state index contributed by atoms with van der Waals surface area (Å²) in [6, 6.07) is 5.98. The Bertz CT molecular complexity index is 388. The van der Waals surface area contributed by atoms with E-state index in [1.165, 1.54) is 19.2 Å². The molecule has 1 unspecified atom stereocenters. The Kier molecular flexibility index (Phi) is 7.38. The number of rotatable bonds is 5. The van der Waals surface area contributed by atoms with Crippen LogP contribution in [0, 0.1) is 10.1 Å². The molecule has 100 valence electrons. The third kappa shape index (κ3) is 4.97. The second-order valence-corrected chi connectivity index (χ2v) is 3.40. The van der Waals surface area contributed by atoms with Crippen molar-refractivity contribution in [1.82, 2.24) is 0 Å². The number of hydrogen-bond donors (Lipinski definition) is 1. The Morgan fingerprint density at radius 2 is 1.94 bits per heavy atom. The van der Waals surface area contributed by atoms with Crippen LogP contribution in [0.2, 0.25) is 0 Å². The lowest BCUT2D eigenvalue weighted by Gasteiger charge is -2.13. The van der Waals surface area contributed by atoms with Gasteiger partial charge in [-0.05, 0) is 12.0 Å². The number of nitro groups is 1. The van der Waals surface area contributed by atoms with Gasteiger partial charge in [0.05, 0.1) is 18.1 Å². The molecule has 0 aliphatic heterocycles. The molecule has 0 saturated carbocycles. The van der Waals surface area contributed by atoms with E-state index in [2.05, 4.69) is 6.58 Å². The topological polar surface area (TPSA) is 78.4 Å². The number of nitrogens with two attached hydrogens (primary N) is 1. The Morgan fingerprint density at radius 3 is 2.33 bits per heavy atom. The van der Waals surface area contributed by atoms with Gasteiger partial charge in [0.2, 0.25) is 0 Å². The molecule has 1 atom stereocenters. The average Bonchev–Trinajstić information content (AvgIpc) is 2.40. The number of hydrogen-bond acceptors (Lipinski definition) is 4. The summed E-state index contributed by atoms with van der Waals surface area (Å²) >= 11 is 0. The van der Waals surface area contributed by atoms with Crippen molar-refractivity contribution < 1.29 is 9.66 Å². The highest BCUT2D eigenvalue weighted by Crippen LogP contribution is 2.14. The Labute approximate surface area is 107 Å². The van der Waals surface area contributed by atoms with Crippen LogP contribution in [0.25, 0.3) is 0 Å². The molecule has 0 amide bonds. The summed E-state index contributed by atoms with van der Waals surface area (Å²) in [5.74, 6) is 0.498. The minimum absolute atomic E-state index is 0.0721. The highest BCUT2D eigenvalue weighted by atomic mass is 16.6. The van der Waals surface area contributed by atoms with Crippen molar-refractivity contribution in [2.24, 2.45) is 5.73 Å². The van der Waals surface area contributed by atoms with Gasteiger partial charge in [-0.3, -0.25) is 10.1 Å². The van der Waals surface area contributed by atoms with Crippen LogP contribution in [0.1, 0.15) is 19.4 Å². The molecule has 1 aromatic rings. The minimum atomic E-state index is -0.433. The summed E-state index contributed by atoms with van der Waals surface area (Å²) in [5, 5.41) is 10.4. The number of nitrogens with zero attached hydrogens (tertiary/aromatic N) is 1. The van der Waals surface area contributed by atoms with Crippen LogP contribution in [0.4, 0.5) is 5.69 Å². The highest BCUT2D eigenvalue weighted by molar-refractivity contribution is 5.33. The van der Waals surface area contributed by atoms with E-state index in [1.807, 2.05) is 13.8 Å². The van der Waals surface area contributed by atoms with Crippen LogP contribution in [0.15, 0.2) is 36.6 Å². The first-order valence-corrected chi connectivity index (χ1v) is 5.76. The summed E-state index contributed by atoms with van der Waals surface area (Å²) in [6.45, 7) is 7.66. The zero-order valence-electron chi connectivity index (χ0n) is 11.1. The molecule has 0 spiro atoms. The van der Waals surface area contributed by atoms with Crippen molar-refractivity contribution in [3.63, 3.8) is 0 Å². The number of methoxy groups -OCH3 is 1. The van der Waals surface area contributed by atoms with Crippen molar-refractivity contribution in [2.45, 2.75) is 26.3 Å². The molecule has 5 heteroatoms. The van der Waals surface area contributed by atoms with Crippen molar-refractivity contribution in [2.75, 3.05) is 7.11 Å². The van der Waals surface area contributed by atoms with E-state index in [1.54, 1.807) is 12.1 Å². The van der Waals surface area contributed by atoms with E-state index in [0.717, 1.165) is 5.56 Å². The molecule has 18 heavy (non-hydrogen) atoms. The molecule has 0 saturated heterocycles. The van der Waals surface area contributed by atoms with E-state index in [4.69, 9.17) is 10.5 Å². The molecule has 0 aromatic heterocycles. The van der Waals surface area contributed by atoms with Crippen LogP contribution in [-0.4, -0.2) is 18.1 Å². The summed E-state index contributed by atoms with van der Waals surface area (Å²) in [4.78, 5) is 10.0. The predicted octanol–water partition coefficient (Wildman–Crippen LogP) is 2.65. The van der Waals surface area contributed by atoms with Crippen LogP contribution >= 0.6 is 0 Å². The Morgan fingerprint density at radius 1 is 1.44 bits per heavy atom. The van der Waals surface area contributed by atoms with Crippen LogP contribution in [0.3, 0.4) is 0 Å². The predicted molar refractivity (Wildman–Crippen MR) is 72.3 cm³/mol. The monoisotopic (exact) mass is 252 g/mol. The van der Waals surface area contributed by atoms with Gasteiger partial charge in [0.25, 0.3) is 5.69 Å². The third-order valence-electron chi connectivity index (χ3n) is 2.28. The van der Waals surface area contributed by atoms with Crippen LogP contribution in [-0.2, 0) is 11.2 Å². The molecule has 0 aliphatic rings. The molecule has 0 radical (unpaired) electrons. The lowest BCUT2D eigenvalue weighted by atomic mass is 10.1. The average molecular weight is 252 g/mol. The molecule has 1 aromatic carbocycles. The molecule has 0 bridgehead atoms. The number of ether oxygens (including phenoxy) is 1. The standard InChI is InChI=1S/C11H14N2O3.C2H6/c1-8(16-2)11(12)7-9-3-5-10(6-4-9)13(14)15;1-2/h3-6,11H,1,7,12H2,2H3;1-2H3. The summed E-state index contributed by atoms with van der Waals surface area (Å²) < 4.78 is 4.92. The third-order valence-corrected chi connectivity index (χ3v) is 2.28. The van der Waals surface area contributed by atoms with E-state index >= 15 is 0 Å². The van der Waals surface area contributed by atoms with Gasteiger partial charge >= 0.3 is 0 Å². The van der Waals surface area contributed by atoms with Gasteiger partial charge in [-0.2, -0.15) is 0 Å². The largest absolute Gasteiger partial charge is 0.500 e. The number of non-ortho nitro benzene ring substituents is 1. The zero-order chi connectivity index (χ0) is 14.1. The smallest absolute Gasteiger partial charge is 0.269 e. The van der Waals surface area contributed by atoms with Gasteiger partial charge < -0.3 is 10.5 Å². The van der Waals surface area contributed by atoms with Gasteiger partial charge in [0, 0.05) is 12.1 Å². The first-order chi connectivity index (χ1) is 8.54. The van der Waals surface area contributed by atoms with Crippen molar-refractivity contribution in [3.8, 4) is 0 Å². The molecule has 0 aliphatic carbocycles. The fraction of sp³-hybridized carbons (Fsp3) is 0.385. The first-order valence-electron chi connectivity index (χ1n) is 5.76. The fourth-order valence-corrected chi connectivity index (χ4v) is 1.27. The molecular formula is C13H20N2O3. The molecule has 0 fully saturated rings. The summed E-state index contributed by atoms with van der Waals surface area (Å²) in [7, 11) is 1.51. The van der Waals surface area contributed by atoms with E-state index in [9.17, 15) is 10.1 Å². The Hall–Kier alpha value is -1.88. The van der Waals surface area contributed by atoms with Crippen molar-refractivity contribution >= 4 is 5.69 Å². The van der Waals surface area contributed by atoms with Gasteiger partial charge in [-0.25, -0.2) is 0 Å². The van der Waals surface area contributed by atoms with Gasteiger partial charge in [0.15, 0.2) is 0 Å². The van der Waals surface area contributed by atoms with Crippen molar-refractivity contribution in [1.29, 1.82) is 0 Å². The number of benzene rings is 1. The quantitative estimate of drug-likeness (QED) is 0.496. The second-order valence-electron chi connectivity index (χ2n) is 3.40. The molecular weight excluding hydrogens is 232 g/mol. The highest BCUT2D eigenvalue weighted by Gasteiger charge is 2.10. The summed E-state index contributed by atoms with van der Waals surface area (Å²) in [5.41, 5.74) is 6.78. The normalized spacial score (nSPS) is 10.9. The summed E-state index contributed by atoms with van der Waals surface area (Å²) in [6.07, 6.45) is 0.546. The molecule has 0 heterocycles. The number of nitro benzene ring substituents is 1. The fourth-order valence-electron chi connectivity index (χ4n) is 1.27. The van der Waals surface area contributed by atoms with Crippen LogP contribution < -0.4 is 5.73 Å². The molecule has 1 rings (SSSR count). The molecule has 2 N–H and O–H groups in total. The van der Waals surface area contributed by atoms with Gasteiger partial charge in [-0.1, -0.05) is 32.6 Å². The minimum Gasteiger partial charge on any atom is -0.500 e.